The molecule has 0 atom stereocenters. The van der Waals surface area contributed by atoms with E-state index in [2.05, 4.69) is 25.9 Å². The molecule has 0 unspecified atom stereocenters. The van der Waals surface area contributed by atoms with E-state index in [0.717, 1.165) is 24.1 Å². The Balaban J connectivity index is 5.17. The zero-order valence-corrected chi connectivity index (χ0v) is 15.2. The Morgan fingerprint density at radius 1 is 1.05 bits per heavy atom. The normalized spacial score (nSPS) is 13.2. The number of carbonyl (C=O) groups is 1. The first kappa shape index (κ1) is 19.1. The van der Waals surface area contributed by atoms with Crippen molar-refractivity contribution >= 4 is 20.0 Å². The molecule has 0 aromatic carbocycles. The summed E-state index contributed by atoms with van der Waals surface area (Å²) in [6.45, 7) is 18.1. The van der Waals surface area contributed by atoms with Gasteiger partial charge in [-0.1, -0.05) is 5.16 Å². The fourth-order valence-electron chi connectivity index (χ4n) is 1.86. The van der Waals surface area contributed by atoms with Gasteiger partial charge in [-0.15, -0.1) is 0 Å². The predicted molar refractivity (Wildman–Crippen MR) is 85.2 cm³/mol. The molecule has 5 nitrogen and oxygen atoms in total. The van der Waals surface area contributed by atoms with Crippen LogP contribution in [-0.4, -0.2) is 57.3 Å². The second kappa shape index (κ2) is 8.41. The molecule has 0 spiro atoms. The lowest BCUT2D eigenvalue weighted by molar-refractivity contribution is -0.914. The van der Waals surface area contributed by atoms with E-state index >= 15 is 0 Å². The monoisotopic (exact) mass is 303 g/mol. The number of oxime groups is 1. The van der Waals surface area contributed by atoms with Crippen molar-refractivity contribution in [2.24, 2.45) is 5.16 Å². The minimum Gasteiger partial charge on any atom is -0.461 e. The average Bonchev–Trinajstić information content (AvgIpc) is 2.39. The summed E-state index contributed by atoms with van der Waals surface area (Å²) in [6, 6.07) is 0. The highest BCUT2D eigenvalue weighted by molar-refractivity contribution is 6.69. The van der Waals surface area contributed by atoms with Crippen molar-refractivity contribution in [2.75, 3.05) is 32.8 Å². The van der Waals surface area contributed by atoms with Gasteiger partial charge < -0.3 is 13.7 Å². The molecule has 0 rings (SSSR count). The Bertz CT molecular complexity index is 326. The lowest BCUT2D eigenvalue weighted by Crippen LogP contribution is -2.52. The molecule has 6 heteroatoms. The molecule has 0 heterocycles. The molecule has 20 heavy (non-hydrogen) atoms. The van der Waals surface area contributed by atoms with Crippen LogP contribution in [0.2, 0.25) is 19.6 Å². The molecule has 0 aromatic heterocycles. The van der Waals surface area contributed by atoms with E-state index in [9.17, 15) is 4.79 Å². The number of quaternary nitrogens is 1. The maximum absolute atomic E-state index is 12.1. The second-order valence-electron chi connectivity index (χ2n) is 5.91. The van der Waals surface area contributed by atoms with Crippen LogP contribution in [-0.2, 0) is 14.1 Å². The number of hydrogen-bond donors (Lipinski definition) is 0. The van der Waals surface area contributed by atoms with Crippen molar-refractivity contribution in [3.05, 3.63) is 0 Å². The van der Waals surface area contributed by atoms with Gasteiger partial charge in [0.15, 0.2) is 0 Å². The first-order chi connectivity index (χ1) is 9.23. The zero-order valence-electron chi connectivity index (χ0n) is 14.2. The van der Waals surface area contributed by atoms with Crippen molar-refractivity contribution in [2.45, 2.75) is 47.3 Å². The molecule has 0 aliphatic rings. The van der Waals surface area contributed by atoms with E-state index in [-0.39, 0.29) is 5.97 Å². The van der Waals surface area contributed by atoms with Gasteiger partial charge in [0.1, 0.15) is 6.54 Å². The molecule has 0 N–H and O–H groups in total. The summed E-state index contributed by atoms with van der Waals surface area (Å²) in [4.78, 5) is 12.1. The van der Waals surface area contributed by atoms with Crippen LogP contribution in [0.25, 0.3) is 0 Å². The Morgan fingerprint density at radius 3 is 1.90 bits per heavy atom. The highest BCUT2D eigenvalue weighted by Gasteiger charge is 2.29. The number of rotatable bonds is 9. The first-order valence-electron chi connectivity index (χ1n) is 7.50. The SMILES string of the molecule is CCOC(=O)/C(C[N+](CC)(CC)CC)=N/O[Si](C)(C)C. The molecular weight excluding hydrogens is 272 g/mol. The second-order valence-corrected chi connectivity index (χ2v) is 10.3. The topological polar surface area (TPSA) is 47.9 Å². The van der Waals surface area contributed by atoms with Crippen LogP contribution in [0.1, 0.15) is 27.7 Å². The quantitative estimate of drug-likeness (QED) is 0.216. The van der Waals surface area contributed by atoms with Gasteiger partial charge in [-0.3, -0.25) is 0 Å². The predicted octanol–water partition coefficient (Wildman–Crippen LogP) is 2.63. The van der Waals surface area contributed by atoms with E-state index in [1.165, 1.54) is 0 Å². The summed E-state index contributed by atoms with van der Waals surface area (Å²) < 4.78 is 11.5. The molecule has 0 aliphatic heterocycles. The molecule has 0 fully saturated rings. The number of carbonyl (C=O) groups excluding carboxylic acids is 1. The van der Waals surface area contributed by atoms with Crippen LogP contribution >= 0.6 is 0 Å². The lowest BCUT2D eigenvalue weighted by Gasteiger charge is -2.35. The summed E-state index contributed by atoms with van der Waals surface area (Å²) in [5, 5.41) is 4.13. The van der Waals surface area contributed by atoms with Crippen molar-refractivity contribution in [3.8, 4) is 0 Å². The van der Waals surface area contributed by atoms with Gasteiger partial charge in [0.2, 0.25) is 5.71 Å². The van der Waals surface area contributed by atoms with Gasteiger partial charge >= 0.3 is 5.97 Å². The van der Waals surface area contributed by atoms with Crippen molar-refractivity contribution in [1.29, 1.82) is 0 Å². The van der Waals surface area contributed by atoms with E-state index in [0.29, 0.717) is 18.9 Å². The third-order valence-electron chi connectivity index (χ3n) is 3.44. The van der Waals surface area contributed by atoms with Gasteiger partial charge in [-0.05, 0) is 47.3 Å². The summed E-state index contributed by atoms with van der Waals surface area (Å²) in [5.41, 5.74) is 0.403. The van der Waals surface area contributed by atoms with Gasteiger partial charge in [0.25, 0.3) is 8.32 Å². The van der Waals surface area contributed by atoms with Crippen molar-refractivity contribution < 1.29 is 18.5 Å². The number of hydrogen-bond acceptors (Lipinski definition) is 4. The molecule has 0 radical (unpaired) electrons. The number of ether oxygens (including phenoxy) is 1. The third kappa shape index (κ3) is 6.52. The molecule has 0 bridgehead atoms. The molecule has 0 saturated heterocycles. The molecule has 0 saturated carbocycles. The largest absolute Gasteiger partial charge is 0.461 e. The highest BCUT2D eigenvalue weighted by atomic mass is 28.4. The fraction of sp³-hybridized carbons (Fsp3) is 0.857. The van der Waals surface area contributed by atoms with Gasteiger partial charge in [0, 0.05) is 0 Å². The summed E-state index contributed by atoms with van der Waals surface area (Å²) in [6.07, 6.45) is 0. The van der Waals surface area contributed by atoms with Crippen molar-refractivity contribution in [3.63, 3.8) is 0 Å². The zero-order chi connectivity index (χ0) is 15.8. The maximum Gasteiger partial charge on any atom is 0.362 e. The Hall–Kier alpha value is -0.883. The smallest absolute Gasteiger partial charge is 0.362 e. The van der Waals surface area contributed by atoms with Gasteiger partial charge in [-0.2, -0.15) is 0 Å². The molecule has 118 valence electrons. The lowest BCUT2D eigenvalue weighted by atomic mass is 10.2. The number of esters is 1. The van der Waals surface area contributed by atoms with Crippen molar-refractivity contribution in [1.82, 2.24) is 0 Å². The van der Waals surface area contributed by atoms with E-state index in [4.69, 9.17) is 9.26 Å². The summed E-state index contributed by atoms with van der Waals surface area (Å²) in [7, 11) is -1.80. The average molecular weight is 303 g/mol. The minimum atomic E-state index is -1.80. The molecule has 0 aromatic rings. The fourth-order valence-corrected chi connectivity index (χ4v) is 2.25. The van der Waals surface area contributed by atoms with E-state index in [1.807, 2.05) is 19.6 Å². The van der Waals surface area contributed by atoms with Crippen LogP contribution in [0.15, 0.2) is 5.16 Å². The highest BCUT2D eigenvalue weighted by Crippen LogP contribution is 2.09. The Morgan fingerprint density at radius 2 is 1.55 bits per heavy atom. The standard InChI is InChI=1S/C14H31N2O3Si/c1-8-16(9-2,10-3)12-13(14(17)18-11-4)15-19-20(5,6)7/h8-12H2,1-7H3/q+1/b15-13+. The molecular formula is C14H31N2O3Si+. The Labute approximate surface area is 124 Å². The minimum absolute atomic E-state index is 0.356. The first-order valence-corrected chi connectivity index (χ1v) is 10.9. The summed E-state index contributed by atoms with van der Waals surface area (Å²) in [5.74, 6) is -0.358. The third-order valence-corrected chi connectivity index (χ3v) is 4.08. The van der Waals surface area contributed by atoms with E-state index < -0.39 is 8.32 Å². The van der Waals surface area contributed by atoms with Crippen LogP contribution in [0.3, 0.4) is 0 Å². The maximum atomic E-state index is 12.1. The van der Waals surface area contributed by atoms with Crippen LogP contribution in [0, 0.1) is 0 Å². The number of nitrogens with zero attached hydrogens (tertiary/aromatic N) is 2. The van der Waals surface area contributed by atoms with Crippen LogP contribution in [0.4, 0.5) is 0 Å². The van der Waals surface area contributed by atoms with Gasteiger partial charge in [-0.25, -0.2) is 4.79 Å². The molecule has 0 amide bonds. The van der Waals surface area contributed by atoms with Crippen LogP contribution < -0.4 is 0 Å². The van der Waals surface area contributed by atoms with E-state index in [1.54, 1.807) is 6.92 Å². The Kier molecular flexibility index (Phi) is 8.04. The van der Waals surface area contributed by atoms with Crippen LogP contribution in [0.5, 0.6) is 0 Å². The molecule has 0 aliphatic carbocycles. The summed E-state index contributed by atoms with van der Waals surface area (Å²) >= 11 is 0. The van der Waals surface area contributed by atoms with Gasteiger partial charge in [0.05, 0.1) is 26.2 Å².